The molecule has 1 aliphatic carbocycles. The van der Waals surface area contributed by atoms with Gasteiger partial charge in [-0.25, -0.2) is 0 Å². The van der Waals surface area contributed by atoms with E-state index >= 15 is 0 Å². The van der Waals surface area contributed by atoms with Crippen LogP contribution in [0.2, 0.25) is 0 Å². The average Bonchev–Trinajstić information content (AvgIpc) is 2.16. The van der Waals surface area contributed by atoms with Crippen LogP contribution in [0.25, 0.3) is 0 Å². The van der Waals surface area contributed by atoms with Crippen molar-refractivity contribution >= 4 is 0 Å². The van der Waals surface area contributed by atoms with Crippen LogP contribution in [0.5, 0.6) is 0 Å². The highest BCUT2D eigenvalue weighted by Gasteiger charge is 2.28. The van der Waals surface area contributed by atoms with Crippen LogP contribution in [0.3, 0.4) is 0 Å². The summed E-state index contributed by atoms with van der Waals surface area (Å²) in [5.74, 6) is 0.181. The minimum Gasteiger partial charge on any atom is -0.494 e. The van der Waals surface area contributed by atoms with Gasteiger partial charge in [0.1, 0.15) is 0 Å². The third-order valence-electron chi connectivity index (χ3n) is 1.87. The van der Waals surface area contributed by atoms with E-state index < -0.39 is 9.85 Å². The number of hydrogen-bond acceptors (Lipinski definition) is 5. The zero-order valence-electron chi connectivity index (χ0n) is 7.43. The zero-order valence-corrected chi connectivity index (χ0v) is 7.43. The summed E-state index contributed by atoms with van der Waals surface area (Å²) in [7, 11) is 1.31. The van der Waals surface area contributed by atoms with E-state index in [1.807, 2.05) is 0 Å². The van der Waals surface area contributed by atoms with E-state index in [1.54, 1.807) is 0 Å². The van der Waals surface area contributed by atoms with Crippen molar-refractivity contribution in [3.63, 3.8) is 0 Å². The van der Waals surface area contributed by atoms with Gasteiger partial charge in [-0.1, -0.05) is 0 Å². The fourth-order valence-electron chi connectivity index (χ4n) is 1.19. The summed E-state index contributed by atoms with van der Waals surface area (Å²) in [5.41, 5.74) is -0.483. The molecule has 0 bridgehead atoms. The van der Waals surface area contributed by atoms with E-state index in [9.17, 15) is 20.2 Å². The number of nitrogens with zero attached hydrogens (tertiary/aromatic N) is 2. The maximum Gasteiger partial charge on any atom is 0.313 e. The van der Waals surface area contributed by atoms with E-state index in [-0.39, 0.29) is 30.0 Å². The SMILES string of the molecule is COC1=C([N+](=O)[O-])C=C([N+](=O)[O-])CC1. The lowest BCUT2D eigenvalue weighted by atomic mass is 10.1. The van der Waals surface area contributed by atoms with Gasteiger partial charge < -0.3 is 4.74 Å². The zero-order chi connectivity index (χ0) is 10.7. The molecule has 76 valence electrons. The summed E-state index contributed by atoms with van der Waals surface area (Å²) >= 11 is 0. The van der Waals surface area contributed by atoms with Crippen molar-refractivity contribution in [1.29, 1.82) is 0 Å². The van der Waals surface area contributed by atoms with E-state index in [1.165, 1.54) is 7.11 Å². The third kappa shape index (κ3) is 1.87. The van der Waals surface area contributed by atoms with Crippen LogP contribution in [-0.2, 0) is 4.74 Å². The van der Waals surface area contributed by atoms with Crippen molar-refractivity contribution in [3.8, 4) is 0 Å². The highest BCUT2D eigenvalue weighted by atomic mass is 16.6. The first-order valence-electron chi connectivity index (χ1n) is 3.82. The first kappa shape index (κ1) is 10.2. The second-order valence-corrected chi connectivity index (χ2v) is 2.66. The standard InChI is InChI=1S/C7H8N2O5/c1-14-7-3-2-5(8(10)11)4-6(7)9(12)13/h4H,2-3H2,1H3. The second-order valence-electron chi connectivity index (χ2n) is 2.66. The molecule has 0 amide bonds. The summed E-state index contributed by atoms with van der Waals surface area (Å²) in [6.07, 6.45) is 1.30. The lowest BCUT2D eigenvalue weighted by Crippen LogP contribution is -2.11. The molecule has 0 aromatic rings. The van der Waals surface area contributed by atoms with Gasteiger partial charge in [0.25, 0.3) is 5.70 Å². The van der Waals surface area contributed by atoms with Gasteiger partial charge in [-0.3, -0.25) is 20.2 Å². The van der Waals surface area contributed by atoms with Gasteiger partial charge in [-0.05, 0) is 0 Å². The molecular weight excluding hydrogens is 192 g/mol. The molecule has 0 saturated heterocycles. The third-order valence-corrected chi connectivity index (χ3v) is 1.87. The first-order valence-corrected chi connectivity index (χ1v) is 3.82. The molecule has 1 rings (SSSR count). The van der Waals surface area contributed by atoms with Crippen molar-refractivity contribution in [1.82, 2.24) is 0 Å². The van der Waals surface area contributed by atoms with Gasteiger partial charge in [0.15, 0.2) is 5.76 Å². The Bertz CT molecular complexity index is 344. The Kier molecular flexibility index (Phi) is 2.80. The molecule has 0 aromatic carbocycles. The molecule has 0 atom stereocenters. The lowest BCUT2D eigenvalue weighted by Gasteiger charge is -2.09. The van der Waals surface area contributed by atoms with E-state index in [4.69, 9.17) is 4.74 Å². The van der Waals surface area contributed by atoms with Crippen molar-refractivity contribution < 1.29 is 14.6 Å². The molecule has 0 radical (unpaired) electrons. The number of ether oxygens (including phenoxy) is 1. The minimum atomic E-state index is -0.679. The van der Waals surface area contributed by atoms with Crippen molar-refractivity contribution in [2.45, 2.75) is 12.8 Å². The van der Waals surface area contributed by atoms with Gasteiger partial charge in [0.2, 0.25) is 0 Å². The molecule has 0 saturated carbocycles. The number of allylic oxidation sites excluding steroid dienone is 3. The van der Waals surface area contributed by atoms with Crippen LogP contribution in [0.4, 0.5) is 0 Å². The predicted molar refractivity (Wildman–Crippen MR) is 45.3 cm³/mol. The quantitative estimate of drug-likeness (QED) is 0.501. The van der Waals surface area contributed by atoms with Crippen molar-refractivity contribution in [2.75, 3.05) is 7.11 Å². The van der Waals surface area contributed by atoms with Gasteiger partial charge >= 0.3 is 5.70 Å². The fourth-order valence-corrected chi connectivity index (χ4v) is 1.19. The van der Waals surface area contributed by atoms with Gasteiger partial charge in [0, 0.05) is 12.8 Å². The molecule has 0 aliphatic heterocycles. The molecule has 0 spiro atoms. The Hall–Kier alpha value is -1.92. The van der Waals surface area contributed by atoms with Crippen LogP contribution in [0.15, 0.2) is 23.2 Å². The first-order chi connectivity index (χ1) is 6.56. The van der Waals surface area contributed by atoms with Gasteiger partial charge in [-0.15, -0.1) is 0 Å². The van der Waals surface area contributed by atoms with E-state index in [0.29, 0.717) is 0 Å². The van der Waals surface area contributed by atoms with Gasteiger partial charge in [-0.2, -0.15) is 0 Å². The maximum absolute atomic E-state index is 10.5. The topological polar surface area (TPSA) is 95.5 Å². The molecule has 14 heavy (non-hydrogen) atoms. The van der Waals surface area contributed by atoms with Crippen LogP contribution in [-0.4, -0.2) is 17.0 Å². The Morgan fingerprint density at radius 1 is 1.29 bits per heavy atom. The summed E-state index contributed by atoms with van der Waals surface area (Å²) in [5, 5.41) is 20.9. The smallest absolute Gasteiger partial charge is 0.313 e. The molecule has 0 aromatic heterocycles. The summed E-state index contributed by atoms with van der Waals surface area (Å²) in [6.45, 7) is 0. The number of hydrogen-bond donors (Lipinski definition) is 0. The van der Waals surface area contributed by atoms with Crippen LogP contribution in [0.1, 0.15) is 12.8 Å². The molecular formula is C7H8N2O5. The number of methoxy groups -OCH3 is 1. The van der Waals surface area contributed by atoms with Gasteiger partial charge in [0.05, 0.1) is 23.0 Å². The molecule has 0 N–H and O–H groups in total. The Balaban J connectivity index is 3.08. The van der Waals surface area contributed by atoms with E-state index in [0.717, 1.165) is 6.08 Å². The highest BCUT2D eigenvalue weighted by Crippen LogP contribution is 2.24. The highest BCUT2D eigenvalue weighted by molar-refractivity contribution is 5.22. The second kappa shape index (κ2) is 3.86. The fraction of sp³-hybridized carbons (Fsp3) is 0.429. The van der Waals surface area contributed by atoms with E-state index in [2.05, 4.69) is 0 Å². The molecule has 0 unspecified atom stereocenters. The van der Waals surface area contributed by atoms with Crippen LogP contribution >= 0.6 is 0 Å². The predicted octanol–water partition coefficient (Wildman–Crippen LogP) is 1.08. The largest absolute Gasteiger partial charge is 0.494 e. The summed E-state index contributed by atoms with van der Waals surface area (Å²) in [4.78, 5) is 19.6. The summed E-state index contributed by atoms with van der Waals surface area (Å²) in [6, 6.07) is 0. The molecule has 7 heteroatoms. The molecule has 0 fully saturated rings. The monoisotopic (exact) mass is 200 g/mol. The Morgan fingerprint density at radius 3 is 2.36 bits per heavy atom. The van der Waals surface area contributed by atoms with Crippen LogP contribution in [0, 0.1) is 20.2 Å². The molecule has 7 nitrogen and oxygen atoms in total. The molecule has 1 aliphatic rings. The van der Waals surface area contributed by atoms with Crippen molar-refractivity contribution in [3.05, 3.63) is 43.5 Å². The Labute approximate surface area is 79.0 Å². The number of nitro groups is 2. The van der Waals surface area contributed by atoms with Crippen molar-refractivity contribution in [2.24, 2.45) is 0 Å². The lowest BCUT2D eigenvalue weighted by molar-refractivity contribution is -0.440. The normalized spacial score (nSPS) is 16.2. The summed E-state index contributed by atoms with van der Waals surface area (Å²) < 4.78 is 4.76. The molecule has 0 heterocycles. The van der Waals surface area contributed by atoms with Crippen LogP contribution < -0.4 is 0 Å². The minimum absolute atomic E-state index is 0.155. The number of rotatable bonds is 3. The Morgan fingerprint density at radius 2 is 1.93 bits per heavy atom. The average molecular weight is 200 g/mol. The maximum atomic E-state index is 10.5.